The van der Waals surface area contributed by atoms with E-state index in [9.17, 15) is 22.9 Å². The molecular formula is C13H8FN3O4S. The van der Waals surface area contributed by atoms with Crippen molar-refractivity contribution in [3.8, 4) is 6.07 Å². The van der Waals surface area contributed by atoms with Crippen molar-refractivity contribution in [3.05, 3.63) is 64.0 Å². The second-order valence-corrected chi connectivity index (χ2v) is 5.82. The first-order chi connectivity index (χ1) is 10.3. The molecule has 0 aliphatic heterocycles. The van der Waals surface area contributed by atoms with Crippen LogP contribution >= 0.6 is 0 Å². The number of non-ortho nitro benzene ring substituents is 1. The highest BCUT2D eigenvalue weighted by Gasteiger charge is 2.22. The standard InChI is InChI=1S/C13H8FN3O4S/c14-12-6-5-11(17(18)19)7-13(12)22(20,21)16-10-3-1-9(8-15)2-4-10/h1-7,16H. The molecule has 0 bridgehead atoms. The summed E-state index contributed by atoms with van der Waals surface area (Å²) < 4.78 is 40.0. The highest BCUT2D eigenvalue weighted by molar-refractivity contribution is 7.92. The van der Waals surface area contributed by atoms with Gasteiger partial charge in [-0.1, -0.05) is 0 Å². The maximum absolute atomic E-state index is 13.7. The summed E-state index contributed by atoms with van der Waals surface area (Å²) >= 11 is 0. The number of halogens is 1. The lowest BCUT2D eigenvalue weighted by atomic mass is 10.2. The molecule has 0 heterocycles. The molecule has 1 N–H and O–H groups in total. The number of nitriles is 1. The van der Waals surface area contributed by atoms with Crippen molar-refractivity contribution >= 4 is 21.4 Å². The quantitative estimate of drug-likeness (QED) is 0.686. The molecule has 2 aromatic carbocycles. The number of nitrogens with zero attached hydrogens (tertiary/aromatic N) is 2. The molecule has 112 valence electrons. The van der Waals surface area contributed by atoms with Crippen LogP contribution in [0, 0.1) is 27.3 Å². The summed E-state index contributed by atoms with van der Waals surface area (Å²) in [6.07, 6.45) is 0. The molecule has 0 saturated heterocycles. The van der Waals surface area contributed by atoms with Crippen molar-refractivity contribution in [2.24, 2.45) is 0 Å². The fourth-order valence-corrected chi connectivity index (χ4v) is 2.79. The van der Waals surface area contributed by atoms with Crippen molar-refractivity contribution in [2.45, 2.75) is 4.90 Å². The highest BCUT2D eigenvalue weighted by atomic mass is 32.2. The number of hydrogen-bond donors (Lipinski definition) is 1. The van der Waals surface area contributed by atoms with Gasteiger partial charge in [0, 0.05) is 17.8 Å². The summed E-state index contributed by atoms with van der Waals surface area (Å²) in [5, 5.41) is 19.3. The summed E-state index contributed by atoms with van der Waals surface area (Å²) in [5.74, 6) is -1.10. The normalized spacial score (nSPS) is 10.7. The molecule has 0 saturated carbocycles. The van der Waals surface area contributed by atoms with Crippen molar-refractivity contribution in [1.82, 2.24) is 0 Å². The van der Waals surface area contributed by atoms with Crippen molar-refractivity contribution in [3.63, 3.8) is 0 Å². The molecule has 22 heavy (non-hydrogen) atoms. The summed E-state index contributed by atoms with van der Waals surface area (Å²) in [5.41, 5.74) is -0.115. The zero-order valence-electron chi connectivity index (χ0n) is 10.9. The van der Waals surface area contributed by atoms with Gasteiger partial charge in [0.05, 0.1) is 16.6 Å². The lowest BCUT2D eigenvalue weighted by Crippen LogP contribution is -2.15. The molecule has 0 spiro atoms. The van der Waals surface area contributed by atoms with Crippen LogP contribution in [0.2, 0.25) is 0 Å². The fourth-order valence-electron chi connectivity index (χ4n) is 1.63. The molecule has 9 heteroatoms. The topological polar surface area (TPSA) is 113 Å². The van der Waals surface area contributed by atoms with Crippen LogP contribution in [0.5, 0.6) is 0 Å². The highest BCUT2D eigenvalue weighted by Crippen LogP contribution is 2.23. The first-order valence-electron chi connectivity index (χ1n) is 5.80. The van der Waals surface area contributed by atoms with Gasteiger partial charge < -0.3 is 0 Å². The average Bonchev–Trinajstić information content (AvgIpc) is 2.47. The van der Waals surface area contributed by atoms with Gasteiger partial charge in [0.15, 0.2) is 0 Å². The summed E-state index contributed by atoms with van der Waals surface area (Å²) in [7, 11) is -4.33. The Morgan fingerprint density at radius 1 is 1.18 bits per heavy atom. The maximum Gasteiger partial charge on any atom is 0.271 e. The van der Waals surface area contributed by atoms with Crippen LogP contribution in [0.4, 0.5) is 15.8 Å². The van der Waals surface area contributed by atoms with E-state index in [1.54, 1.807) is 0 Å². The first kappa shape index (κ1) is 15.4. The van der Waals surface area contributed by atoms with E-state index in [-0.39, 0.29) is 5.69 Å². The molecular weight excluding hydrogens is 313 g/mol. The number of nitro groups is 1. The third-order valence-corrected chi connectivity index (χ3v) is 4.08. The first-order valence-corrected chi connectivity index (χ1v) is 7.29. The van der Waals surface area contributed by atoms with Crippen LogP contribution in [0.25, 0.3) is 0 Å². The fraction of sp³-hybridized carbons (Fsp3) is 0. The largest absolute Gasteiger partial charge is 0.280 e. The molecule has 0 fully saturated rings. The van der Waals surface area contributed by atoms with E-state index in [1.165, 1.54) is 24.3 Å². The SMILES string of the molecule is N#Cc1ccc(NS(=O)(=O)c2cc([N+](=O)[O-])ccc2F)cc1. The second-order valence-electron chi connectivity index (χ2n) is 4.17. The Bertz CT molecular complexity index is 873. The summed E-state index contributed by atoms with van der Waals surface area (Å²) in [6, 6.07) is 9.49. The predicted molar refractivity (Wildman–Crippen MR) is 75.0 cm³/mol. The molecule has 0 amide bonds. The van der Waals surface area contributed by atoms with Gasteiger partial charge in [-0.3, -0.25) is 14.8 Å². The lowest BCUT2D eigenvalue weighted by molar-refractivity contribution is -0.385. The number of benzene rings is 2. The maximum atomic E-state index is 13.7. The lowest BCUT2D eigenvalue weighted by Gasteiger charge is -2.08. The second kappa shape index (κ2) is 5.79. The number of nitro benzene ring substituents is 1. The Hall–Kier alpha value is -2.99. The van der Waals surface area contributed by atoms with E-state index in [0.717, 1.165) is 6.07 Å². The third-order valence-electron chi connectivity index (χ3n) is 2.68. The Labute approximate surface area is 124 Å². The van der Waals surface area contributed by atoms with E-state index >= 15 is 0 Å². The van der Waals surface area contributed by atoms with E-state index < -0.39 is 31.3 Å². The molecule has 7 nitrogen and oxygen atoms in total. The van der Waals surface area contributed by atoms with Crippen LogP contribution in [-0.2, 0) is 10.0 Å². The van der Waals surface area contributed by atoms with Gasteiger partial charge in [0.25, 0.3) is 15.7 Å². The number of anilines is 1. The summed E-state index contributed by atoms with van der Waals surface area (Å²) in [6.45, 7) is 0. The van der Waals surface area contributed by atoms with E-state index in [0.29, 0.717) is 17.7 Å². The van der Waals surface area contributed by atoms with Crippen LogP contribution in [0.3, 0.4) is 0 Å². The predicted octanol–water partition coefficient (Wildman–Crippen LogP) is 2.41. The van der Waals surface area contributed by atoms with Crippen molar-refractivity contribution in [1.29, 1.82) is 5.26 Å². The van der Waals surface area contributed by atoms with Gasteiger partial charge >= 0.3 is 0 Å². The van der Waals surface area contributed by atoms with Crippen LogP contribution < -0.4 is 4.72 Å². The van der Waals surface area contributed by atoms with Gasteiger partial charge in [-0.15, -0.1) is 0 Å². The Morgan fingerprint density at radius 3 is 2.36 bits per heavy atom. The number of rotatable bonds is 4. The minimum Gasteiger partial charge on any atom is -0.280 e. The summed E-state index contributed by atoms with van der Waals surface area (Å²) in [4.78, 5) is 9.01. The minimum atomic E-state index is -4.33. The van der Waals surface area contributed by atoms with Gasteiger partial charge in [-0.2, -0.15) is 5.26 Å². The average molecular weight is 321 g/mol. The van der Waals surface area contributed by atoms with Crippen molar-refractivity contribution < 1.29 is 17.7 Å². The third kappa shape index (κ3) is 3.18. The van der Waals surface area contributed by atoms with Crippen LogP contribution in [0.15, 0.2) is 47.4 Å². The van der Waals surface area contributed by atoms with Gasteiger partial charge in [-0.05, 0) is 30.3 Å². The zero-order chi connectivity index (χ0) is 16.3. The Morgan fingerprint density at radius 2 is 1.82 bits per heavy atom. The van der Waals surface area contributed by atoms with Crippen molar-refractivity contribution in [2.75, 3.05) is 4.72 Å². The minimum absolute atomic E-state index is 0.102. The van der Waals surface area contributed by atoms with Gasteiger partial charge in [0.2, 0.25) is 0 Å². The Kier molecular flexibility index (Phi) is 4.05. The monoisotopic (exact) mass is 321 g/mol. The zero-order valence-corrected chi connectivity index (χ0v) is 11.7. The molecule has 0 aliphatic rings. The molecule has 0 unspecified atom stereocenters. The molecule has 0 radical (unpaired) electrons. The molecule has 2 aromatic rings. The van der Waals surface area contributed by atoms with Crippen LogP contribution in [-0.4, -0.2) is 13.3 Å². The van der Waals surface area contributed by atoms with Gasteiger partial charge in [0.1, 0.15) is 10.7 Å². The van der Waals surface area contributed by atoms with E-state index in [2.05, 4.69) is 4.72 Å². The van der Waals surface area contributed by atoms with Gasteiger partial charge in [-0.25, -0.2) is 12.8 Å². The number of nitrogens with one attached hydrogen (secondary N) is 1. The Balaban J connectivity index is 2.39. The molecule has 2 rings (SSSR count). The number of sulfonamides is 1. The molecule has 0 aliphatic carbocycles. The van der Waals surface area contributed by atoms with E-state index in [4.69, 9.17) is 5.26 Å². The smallest absolute Gasteiger partial charge is 0.271 e. The number of hydrogen-bond acceptors (Lipinski definition) is 5. The molecule has 0 aromatic heterocycles. The van der Waals surface area contributed by atoms with E-state index in [1.807, 2.05) is 6.07 Å². The molecule has 0 atom stereocenters. The van der Waals surface area contributed by atoms with Crippen LogP contribution in [0.1, 0.15) is 5.56 Å².